The molecule has 3 rings (SSSR count). The predicted molar refractivity (Wildman–Crippen MR) is 84.2 cm³/mol. The van der Waals surface area contributed by atoms with Gasteiger partial charge in [0.05, 0.1) is 16.6 Å². The van der Waals surface area contributed by atoms with Gasteiger partial charge in [-0.2, -0.15) is 0 Å². The summed E-state index contributed by atoms with van der Waals surface area (Å²) in [6, 6.07) is 10.2. The molecule has 0 bridgehead atoms. The van der Waals surface area contributed by atoms with Gasteiger partial charge in [0.25, 0.3) is 5.56 Å². The van der Waals surface area contributed by atoms with Crippen LogP contribution in [0.25, 0.3) is 11.0 Å². The smallest absolute Gasteiger partial charge is 0.335 e. The first-order valence-electron chi connectivity index (χ1n) is 6.53. The Morgan fingerprint density at radius 2 is 1.70 bits per heavy atom. The minimum Gasteiger partial charge on any atom is -0.478 e. The van der Waals surface area contributed by atoms with Crippen molar-refractivity contribution in [3.8, 4) is 0 Å². The summed E-state index contributed by atoms with van der Waals surface area (Å²) in [6.45, 7) is 0. The molecule has 0 unspecified atom stereocenters. The first-order chi connectivity index (χ1) is 11.0. The number of hydrogen-bond donors (Lipinski definition) is 2. The van der Waals surface area contributed by atoms with Gasteiger partial charge in [-0.25, -0.2) is 9.78 Å². The van der Waals surface area contributed by atoms with Crippen molar-refractivity contribution in [1.29, 1.82) is 0 Å². The number of benzene rings is 2. The van der Waals surface area contributed by atoms with E-state index in [0.29, 0.717) is 10.5 Å². The monoisotopic (exact) mass is 328 g/mol. The van der Waals surface area contributed by atoms with Gasteiger partial charge in [0.1, 0.15) is 0 Å². The molecule has 0 aliphatic rings. The quantitative estimate of drug-likeness (QED) is 0.719. The number of carbonyl (C=O) groups is 2. The average Bonchev–Trinajstić information content (AvgIpc) is 2.53. The lowest BCUT2D eigenvalue weighted by molar-refractivity contribution is 0.0696. The number of rotatable bonds is 3. The van der Waals surface area contributed by atoms with Crippen LogP contribution in [0.5, 0.6) is 0 Å². The standard InChI is InChI=1S/C16H9ClN2O4/c17-10-4-1-8(2-5-10)14(20)13-15(21)19-12-7-9(16(22)23)3-6-11(12)18-13/h1-7H,(H,19,21)(H,22,23). The third-order valence-corrected chi connectivity index (χ3v) is 3.51. The fourth-order valence-corrected chi connectivity index (χ4v) is 2.24. The zero-order valence-electron chi connectivity index (χ0n) is 11.5. The second-order valence-electron chi connectivity index (χ2n) is 4.79. The molecule has 0 spiro atoms. The lowest BCUT2D eigenvalue weighted by Crippen LogP contribution is -2.21. The Hall–Kier alpha value is -2.99. The van der Waals surface area contributed by atoms with Crippen molar-refractivity contribution in [3.05, 3.63) is 74.7 Å². The van der Waals surface area contributed by atoms with Gasteiger partial charge in [0.15, 0.2) is 5.69 Å². The lowest BCUT2D eigenvalue weighted by Gasteiger charge is -2.03. The van der Waals surface area contributed by atoms with E-state index in [4.69, 9.17) is 16.7 Å². The lowest BCUT2D eigenvalue weighted by atomic mass is 10.1. The minimum absolute atomic E-state index is 0.0201. The fourth-order valence-electron chi connectivity index (χ4n) is 2.11. The maximum absolute atomic E-state index is 12.4. The number of nitrogens with one attached hydrogen (secondary N) is 1. The highest BCUT2D eigenvalue weighted by molar-refractivity contribution is 6.30. The SMILES string of the molecule is O=C(O)c1ccc2nc(C(=O)c3ccc(Cl)cc3)c(=O)[nH]c2c1. The van der Waals surface area contributed by atoms with Crippen LogP contribution in [0.4, 0.5) is 0 Å². The van der Waals surface area contributed by atoms with Gasteiger partial charge in [-0.05, 0) is 42.5 Å². The Labute approximate surface area is 134 Å². The normalized spacial score (nSPS) is 10.7. The molecule has 0 atom stereocenters. The van der Waals surface area contributed by atoms with Gasteiger partial charge in [-0.3, -0.25) is 9.59 Å². The highest BCUT2D eigenvalue weighted by Crippen LogP contribution is 2.14. The molecular weight excluding hydrogens is 320 g/mol. The Morgan fingerprint density at radius 3 is 2.35 bits per heavy atom. The minimum atomic E-state index is -1.12. The molecule has 0 aliphatic heterocycles. The predicted octanol–water partition coefficient (Wildman–Crippen LogP) is 2.51. The first-order valence-corrected chi connectivity index (χ1v) is 6.91. The van der Waals surface area contributed by atoms with Crippen molar-refractivity contribution in [1.82, 2.24) is 9.97 Å². The number of halogens is 1. The summed E-state index contributed by atoms with van der Waals surface area (Å²) in [5.74, 6) is -1.65. The Bertz CT molecular complexity index is 993. The fraction of sp³-hybridized carbons (Fsp3) is 0. The van der Waals surface area contributed by atoms with E-state index < -0.39 is 17.3 Å². The number of carboxylic acid groups (broad SMARTS) is 1. The Morgan fingerprint density at radius 1 is 1.04 bits per heavy atom. The third-order valence-electron chi connectivity index (χ3n) is 3.26. The summed E-state index contributed by atoms with van der Waals surface area (Å²) in [6.07, 6.45) is 0. The highest BCUT2D eigenvalue weighted by Gasteiger charge is 2.16. The summed E-state index contributed by atoms with van der Waals surface area (Å²) in [5.41, 5.74) is -0.0574. The van der Waals surface area contributed by atoms with Crippen molar-refractivity contribution in [2.75, 3.05) is 0 Å². The summed E-state index contributed by atoms with van der Waals surface area (Å²) in [4.78, 5) is 41.9. The summed E-state index contributed by atoms with van der Waals surface area (Å²) in [7, 11) is 0. The van der Waals surface area contributed by atoms with Crippen LogP contribution in [0, 0.1) is 0 Å². The van der Waals surface area contributed by atoms with E-state index >= 15 is 0 Å². The van der Waals surface area contributed by atoms with Crippen LogP contribution >= 0.6 is 11.6 Å². The molecule has 6 nitrogen and oxygen atoms in total. The van der Waals surface area contributed by atoms with Gasteiger partial charge >= 0.3 is 5.97 Å². The van der Waals surface area contributed by atoms with Crippen LogP contribution in [0.15, 0.2) is 47.3 Å². The summed E-state index contributed by atoms with van der Waals surface area (Å²) >= 11 is 5.77. The van der Waals surface area contributed by atoms with E-state index in [1.807, 2.05) is 0 Å². The van der Waals surface area contributed by atoms with Gasteiger partial charge in [-0.15, -0.1) is 0 Å². The second-order valence-corrected chi connectivity index (χ2v) is 5.22. The largest absolute Gasteiger partial charge is 0.478 e. The van der Waals surface area contributed by atoms with Crippen molar-refractivity contribution in [3.63, 3.8) is 0 Å². The molecule has 0 amide bonds. The maximum atomic E-state index is 12.4. The molecule has 2 aromatic carbocycles. The number of nitrogens with zero attached hydrogens (tertiary/aromatic N) is 1. The number of H-pyrrole nitrogens is 1. The van der Waals surface area contributed by atoms with Crippen LogP contribution in [0.2, 0.25) is 5.02 Å². The molecular formula is C16H9ClN2O4. The number of aromatic nitrogens is 2. The molecule has 2 N–H and O–H groups in total. The number of aromatic carboxylic acids is 1. The van der Waals surface area contributed by atoms with Crippen LogP contribution in [0.3, 0.4) is 0 Å². The van der Waals surface area contributed by atoms with Crippen molar-refractivity contribution >= 4 is 34.4 Å². The van der Waals surface area contributed by atoms with Crippen LogP contribution < -0.4 is 5.56 Å². The van der Waals surface area contributed by atoms with Crippen LogP contribution in [-0.4, -0.2) is 26.8 Å². The van der Waals surface area contributed by atoms with Crippen LogP contribution in [0.1, 0.15) is 26.4 Å². The van der Waals surface area contributed by atoms with Crippen molar-refractivity contribution in [2.24, 2.45) is 0 Å². The number of carboxylic acids is 1. The van der Waals surface area contributed by atoms with Crippen LogP contribution in [-0.2, 0) is 0 Å². The number of carbonyl (C=O) groups excluding carboxylic acids is 1. The second kappa shape index (κ2) is 5.66. The average molecular weight is 329 g/mol. The Kier molecular flexibility index (Phi) is 3.67. The first kappa shape index (κ1) is 14.9. The van der Waals surface area contributed by atoms with Gasteiger partial charge in [0, 0.05) is 10.6 Å². The molecule has 1 aromatic heterocycles. The van der Waals surface area contributed by atoms with Crippen molar-refractivity contribution in [2.45, 2.75) is 0 Å². The number of ketones is 1. The zero-order chi connectivity index (χ0) is 16.6. The van der Waals surface area contributed by atoms with E-state index in [0.717, 1.165) is 0 Å². The number of hydrogen-bond acceptors (Lipinski definition) is 4. The third kappa shape index (κ3) is 2.84. The number of fused-ring (bicyclic) bond motifs is 1. The van der Waals surface area contributed by atoms with E-state index in [2.05, 4.69) is 9.97 Å². The highest BCUT2D eigenvalue weighted by atomic mass is 35.5. The van der Waals surface area contributed by atoms with Crippen molar-refractivity contribution < 1.29 is 14.7 Å². The van der Waals surface area contributed by atoms with E-state index in [1.54, 1.807) is 12.1 Å². The molecule has 23 heavy (non-hydrogen) atoms. The molecule has 0 aliphatic carbocycles. The number of aromatic amines is 1. The molecule has 0 saturated carbocycles. The Balaban J connectivity index is 2.11. The topological polar surface area (TPSA) is 100 Å². The summed E-state index contributed by atoms with van der Waals surface area (Å²) in [5, 5.41) is 9.43. The molecule has 7 heteroatoms. The van der Waals surface area contributed by atoms with Gasteiger partial charge in [-0.1, -0.05) is 11.6 Å². The van der Waals surface area contributed by atoms with E-state index in [1.165, 1.54) is 30.3 Å². The molecule has 3 aromatic rings. The molecule has 0 radical (unpaired) electrons. The zero-order valence-corrected chi connectivity index (χ0v) is 12.3. The summed E-state index contributed by atoms with van der Waals surface area (Å²) < 4.78 is 0. The molecule has 0 saturated heterocycles. The molecule has 0 fully saturated rings. The van der Waals surface area contributed by atoms with Gasteiger partial charge in [0.2, 0.25) is 5.78 Å². The molecule has 1 heterocycles. The molecule has 114 valence electrons. The van der Waals surface area contributed by atoms with E-state index in [9.17, 15) is 14.4 Å². The van der Waals surface area contributed by atoms with E-state index in [-0.39, 0.29) is 22.3 Å². The van der Waals surface area contributed by atoms with Gasteiger partial charge < -0.3 is 10.1 Å². The maximum Gasteiger partial charge on any atom is 0.335 e.